The molecule has 4 heteroatoms. The number of ether oxygens (including phenoxy) is 1. The molecule has 1 aliphatic heterocycles. The highest BCUT2D eigenvalue weighted by Gasteiger charge is 2.34. The van der Waals surface area contributed by atoms with Gasteiger partial charge < -0.3 is 9.72 Å². The van der Waals surface area contributed by atoms with E-state index < -0.39 is 0 Å². The molecule has 0 fully saturated rings. The Morgan fingerprint density at radius 3 is 2.59 bits per heavy atom. The first-order valence-corrected chi connectivity index (χ1v) is 9.70. The standard InChI is InChI=1S/C23H26N2O2/c1-4-27-23(26)20-13-18-17-7-5-6-8-19(17)24-22(18)21(25-20)16-11-9-15(10-12-16)14(2)3/h5-12,14,20-21,24-25H,4,13H2,1-3H3/t20-,21+/m0/s1. The SMILES string of the molecule is CCOC(=O)[C@@H]1Cc2c([nH]c3ccccc23)[C@@H](c2ccc(C(C)C)cc2)N1. The van der Waals surface area contributed by atoms with Gasteiger partial charge in [0.1, 0.15) is 6.04 Å². The van der Waals surface area contributed by atoms with E-state index in [1.165, 1.54) is 16.5 Å². The van der Waals surface area contributed by atoms with Crippen molar-refractivity contribution in [1.29, 1.82) is 0 Å². The summed E-state index contributed by atoms with van der Waals surface area (Å²) in [5, 5.41) is 4.70. The molecule has 4 nitrogen and oxygen atoms in total. The van der Waals surface area contributed by atoms with E-state index in [2.05, 4.69) is 60.5 Å². The van der Waals surface area contributed by atoms with Gasteiger partial charge in [0.15, 0.2) is 0 Å². The van der Waals surface area contributed by atoms with Gasteiger partial charge >= 0.3 is 5.97 Å². The highest BCUT2D eigenvalue weighted by atomic mass is 16.5. The number of carbonyl (C=O) groups excluding carboxylic acids is 1. The maximum Gasteiger partial charge on any atom is 0.323 e. The minimum atomic E-state index is -0.341. The third-order valence-corrected chi connectivity index (χ3v) is 5.42. The average Bonchev–Trinajstić information content (AvgIpc) is 3.06. The number of carbonyl (C=O) groups is 1. The molecule has 2 N–H and O–H groups in total. The number of hydrogen-bond acceptors (Lipinski definition) is 3. The fraction of sp³-hybridized carbons (Fsp3) is 0.348. The second kappa shape index (κ2) is 7.20. The molecule has 0 saturated carbocycles. The molecule has 140 valence electrons. The van der Waals surface area contributed by atoms with Gasteiger partial charge in [-0.2, -0.15) is 0 Å². The van der Waals surface area contributed by atoms with Gasteiger partial charge in [0.25, 0.3) is 0 Å². The summed E-state index contributed by atoms with van der Waals surface area (Å²) >= 11 is 0. The summed E-state index contributed by atoms with van der Waals surface area (Å²) in [5.41, 5.74) is 5.93. The number of esters is 1. The lowest BCUT2D eigenvalue weighted by Crippen LogP contribution is -2.45. The van der Waals surface area contributed by atoms with Crippen molar-refractivity contribution in [2.75, 3.05) is 6.61 Å². The lowest BCUT2D eigenvalue weighted by molar-refractivity contribution is -0.146. The summed E-state index contributed by atoms with van der Waals surface area (Å²) in [5.74, 6) is 0.312. The topological polar surface area (TPSA) is 54.1 Å². The number of nitrogens with one attached hydrogen (secondary N) is 2. The molecule has 2 atom stereocenters. The summed E-state index contributed by atoms with van der Waals surface area (Å²) in [4.78, 5) is 16.1. The Kier molecular flexibility index (Phi) is 4.75. The summed E-state index contributed by atoms with van der Waals surface area (Å²) in [6.07, 6.45) is 0.638. The summed E-state index contributed by atoms with van der Waals surface area (Å²) in [7, 11) is 0. The Balaban J connectivity index is 1.79. The predicted molar refractivity (Wildman–Crippen MR) is 108 cm³/mol. The van der Waals surface area contributed by atoms with E-state index in [9.17, 15) is 4.79 Å². The van der Waals surface area contributed by atoms with Gasteiger partial charge in [-0.15, -0.1) is 0 Å². The Morgan fingerprint density at radius 1 is 1.15 bits per heavy atom. The lowest BCUT2D eigenvalue weighted by atomic mass is 9.89. The number of rotatable bonds is 4. The van der Waals surface area contributed by atoms with Crippen LogP contribution < -0.4 is 5.32 Å². The largest absolute Gasteiger partial charge is 0.465 e. The predicted octanol–water partition coefficient (Wildman–Crippen LogP) is 4.46. The van der Waals surface area contributed by atoms with Crippen molar-refractivity contribution >= 4 is 16.9 Å². The molecule has 4 rings (SSSR count). The van der Waals surface area contributed by atoms with Crippen molar-refractivity contribution in [3.05, 3.63) is 70.9 Å². The quantitative estimate of drug-likeness (QED) is 0.674. The fourth-order valence-electron chi connectivity index (χ4n) is 3.97. The lowest BCUT2D eigenvalue weighted by Gasteiger charge is -2.30. The van der Waals surface area contributed by atoms with Gasteiger partial charge in [-0.3, -0.25) is 10.1 Å². The van der Waals surface area contributed by atoms with Crippen molar-refractivity contribution in [1.82, 2.24) is 10.3 Å². The van der Waals surface area contributed by atoms with E-state index in [0.717, 1.165) is 16.8 Å². The minimum Gasteiger partial charge on any atom is -0.465 e. The van der Waals surface area contributed by atoms with Crippen molar-refractivity contribution < 1.29 is 9.53 Å². The number of H-pyrrole nitrogens is 1. The van der Waals surface area contributed by atoms with Crippen LogP contribution in [0.3, 0.4) is 0 Å². The Morgan fingerprint density at radius 2 is 1.89 bits per heavy atom. The van der Waals surface area contributed by atoms with Gasteiger partial charge in [-0.25, -0.2) is 0 Å². The molecule has 0 unspecified atom stereocenters. The Hall–Kier alpha value is -2.59. The molecule has 2 heterocycles. The highest BCUT2D eigenvalue weighted by molar-refractivity contribution is 5.87. The minimum absolute atomic E-state index is 0.0585. The van der Waals surface area contributed by atoms with Crippen LogP contribution in [0.1, 0.15) is 55.1 Å². The van der Waals surface area contributed by atoms with Crippen LogP contribution >= 0.6 is 0 Å². The first-order chi connectivity index (χ1) is 13.1. The second-order valence-corrected chi connectivity index (χ2v) is 7.49. The van der Waals surface area contributed by atoms with E-state index >= 15 is 0 Å². The molecule has 0 bridgehead atoms. The molecule has 0 saturated heterocycles. The van der Waals surface area contributed by atoms with Crippen LogP contribution in [-0.2, 0) is 16.0 Å². The molecular weight excluding hydrogens is 336 g/mol. The molecule has 0 aliphatic carbocycles. The third kappa shape index (κ3) is 3.26. The van der Waals surface area contributed by atoms with Crippen LogP contribution in [0, 0.1) is 0 Å². The molecule has 1 aliphatic rings. The van der Waals surface area contributed by atoms with E-state index in [1.54, 1.807) is 0 Å². The number of hydrogen-bond donors (Lipinski definition) is 2. The van der Waals surface area contributed by atoms with Gasteiger partial charge in [0, 0.05) is 23.0 Å². The summed E-state index contributed by atoms with van der Waals surface area (Å²) in [6.45, 7) is 6.63. The Bertz CT molecular complexity index is 956. The van der Waals surface area contributed by atoms with E-state index in [0.29, 0.717) is 18.9 Å². The smallest absolute Gasteiger partial charge is 0.323 e. The zero-order valence-electron chi connectivity index (χ0n) is 16.1. The van der Waals surface area contributed by atoms with Gasteiger partial charge in [0.2, 0.25) is 0 Å². The number of para-hydroxylation sites is 1. The molecule has 0 radical (unpaired) electrons. The molecule has 27 heavy (non-hydrogen) atoms. The van der Waals surface area contributed by atoms with Crippen molar-refractivity contribution in [2.24, 2.45) is 0 Å². The molecule has 0 amide bonds. The number of benzene rings is 2. The molecular formula is C23H26N2O2. The maximum absolute atomic E-state index is 12.5. The average molecular weight is 362 g/mol. The van der Waals surface area contributed by atoms with Gasteiger partial charge in [-0.05, 0) is 35.6 Å². The van der Waals surface area contributed by atoms with Crippen molar-refractivity contribution in [3.8, 4) is 0 Å². The molecule has 1 aromatic heterocycles. The highest BCUT2D eigenvalue weighted by Crippen LogP contribution is 2.35. The zero-order chi connectivity index (χ0) is 19.0. The fourth-order valence-corrected chi connectivity index (χ4v) is 3.97. The molecule has 2 aromatic carbocycles. The summed E-state index contributed by atoms with van der Waals surface area (Å²) < 4.78 is 5.31. The molecule has 0 spiro atoms. The number of aromatic nitrogens is 1. The number of fused-ring (bicyclic) bond motifs is 3. The van der Waals surface area contributed by atoms with Gasteiger partial charge in [-0.1, -0.05) is 56.3 Å². The van der Waals surface area contributed by atoms with Crippen molar-refractivity contribution in [3.63, 3.8) is 0 Å². The monoisotopic (exact) mass is 362 g/mol. The maximum atomic E-state index is 12.5. The first-order valence-electron chi connectivity index (χ1n) is 9.70. The van der Waals surface area contributed by atoms with Crippen LogP contribution in [0.4, 0.5) is 0 Å². The van der Waals surface area contributed by atoms with Crippen LogP contribution in [0.15, 0.2) is 48.5 Å². The Labute approximate surface area is 159 Å². The summed E-state index contributed by atoms with van der Waals surface area (Å²) in [6, 6.07) is 16.6. The van der Waals surface area contributed by atoms with Crippen LogP contribution in [0.2, 0.25) is 0 Å². The number of aromatic amines is 1. The second-order valence-electron chi connectivity index (χ2n) is 7.49. The first kappa shape index (κ1) is 17.8. The van der Waals surface area contributed by atoms with Crippen LogP contribution in [0.25, 0.3) is 10.9 Å². The van der Waals surface area contributed by atoms with E-state index in [1.807, 2.05) is 19.1 Å². The van der Waals surface area contributed by atoms with Crippen molar-refractivity contribution in [2.45, 2.75) is 45.2 Å². The zero-order valence-corrected chi connectivity index (χ0v) is 16.1. The van der Waals surface area contributed by atoms with E-state index in [-0.39, 0.29) is 18.1 Å². The van der Waals surface area contributed by atoms with Crippen LogP contribution in [0.5, 0.6) is 0 Å². The molecule has 3 aromatic rings. The van der Waals surface area contributed by atoms with Gasteiger partial charge in [0.05, 0.1) is 12.6 Å². The normalized spacial score (nSPS) is 19.3. The van der Waals surface area contributed by atoms with E-state index in [4.69, 9.17) is 4.74 Å². The third-order valence-electron chi connectivity index (χ3n) is 5.42. The van der Waals surface area contributed by atoms with Crippen LogP contribution in [-0.4, -0.2) is 23.6 Å².